The minimum Gasteiger partial charge on any atom is -0.396 e. The molecule has 0 aromatic heterocycles. The van der Waals surface area contributed by atoms with Gasteiger partial charge in [-0.05, 0) is 43.9 Å². The van der Waals surface area contributed by atoms with E-state index in [1.807, 2.05) is 6.92 Å². The predicted molar refractivity (Wildman–Crippen MR) is 73.3 cm³/mol. The first kappa shape index (κ1) is 14.0. The first-order valence-electron chi connectivity index (χ1n) is 6.32. The van der Waals surface area contributed by atoms with E-state index in [1.54, 1.807) is 0 Å². The summed E-state index contributed by atoms with van der Waals surface area (Å²) in [6.45, 7) is 3.32. The Hall–Kier alpha value is -1.06. The quantitative estimate of drug-likeness (QED) is 0.714. The molecule has 0 aliphatic heterocycles. The summed E-state index contributed by atoms with van der Waals surface area (Å²) in [6.07, 6.45) is 3.10. The Labute approximate surface area is 104 Å². The topological polar surface area (TPSA) is 49.5 Å². The zero-order chi connectivity index (χ0) is 12.7. The molecule has 0 saturated carbocycles. The highest BCUT2D eigenvalue weighted by atomic mass is 16.2. The van der Waals surface area contributed by atoms with Crippen LogP contribution >= 0.6 is 0 Å². The van der Waals surface area contributed by atoms with Crippen LogP contribution in [0.15, 0.2) is 24.3 Å². The summed E-state index contributed by atoms with van der Waals surface area (Å²) in [6, 6.07) is 8.50. The summed E-state index contributed by atoms with van der Waals surface area (Å²) in [7, 11) is 2.10. The van der Waals surface area contributed by atoms with Crippen molar-refractivity contribution in [2.24, 2.45) is 5.73 Å². The number of nitrogens with zero attached hydrogens (tertiary/aromatic N) is 1. The molecule has 0 aliphatic carbocycles. The van der Waals surface area contributed by atoms with Crippen molar-refractivity contribution in [1.82, 2.24) is 0 Å². The second-order valence-electron chi connectivity index (χ2n) is 4.59. The number of rotatable bonds is 7. The molecule has 1 aromatic carbocycles. The number of benzene rings is 1. The smallest absolute Gasteiger partial charge is 0.0431 e. The molecule has 1 aromatic rings. The molecule has 0 amide bonds. The van der Waals surface area contributed by atoms with Gasteiger partial charge in [0.15, 0.2) is 0 Å². The summed E-state index contributed by atoms with van der Waals surface area (Å²) >= 11 is 0. The van der Waals surface area contributed by atoms with Crippen molar-refractivity contribution in [2.75, 3.05) is 25.1 Å². The van der Waals surface area contributed by atoms with Crippen LogP contribution < -0.4 is 10.6 Å². The fourth-order valence-corrected chi connectivity index (χ4v) is 1.80. The second kappa shape index (κ2) is 7.30. The van der Waals surface area contributed by atoms with Crippen LogP contribution in [0.1, 0.15) is 37.8 Å². The second-order valence-corrected chi connectivity index (χ2v) is 4.59. The van der Waals surface area contributed by atoms with Gasteiger partial charge in [0.25, 0.3) is 0 Å². The van der Waals surface area contributed by atoms with E-state index in [-0.39, 0.29) is 6.04 Å². The Bertz CT molecular complexity index is 309. The van der Waals surface area contributed by atoms with E-state index < -0.39 is 0 Å². The van der Waals surface area contributed by atoms with Crippen LogP contribution in [0.3, 0.4) is 0 Å². The zero-order valence-corrected chi connectivity index (χ0v) is 10.9. The molecule has 0 spiro atoms. The lowest BCUT2D eigenvalue weighted by atomic mass is 10.1. The van der Waals surface area contributed by atoms with Gasteiger partial charge in [-0.15, -0.1) is 0 Å². The van der Waals surface area contributed by atoms with Crippen LogP contribution in [-0.2, 0) is 0 Å². The third kappa shape index (κ3) is 4.75. The predicted octanol–water partition coefficient (Wildman–Crippen LogP) is 2.31. The van der Waals surface area contributed by atoms with Gasteiger partial charge in [-0.3, -0.25) is 0 Å². The van der Waals surface area contributed by atoms with E-state index in [0.29, 0.717) is 6.61 Å². The van der Waals surface area contributed by atoms with Crippen molar-refractivity contribution < 1.29 is 5.11 Å². The van der Waals surface area contributed by atoms with E-state index in [1.165, 1.54) is 11.3 Å². The highest BCUT2D eigenvalue weighted by Crippen LogP contribution is 2.17. The molecule has 0 saturated heterocycles. The first-order chi connectivity index (χ1) is 8.15. The molecule has 1 atom stereocenters. The lowest BCUT2D eigenvalue weighted by Gasteiger charge is -2.19. The number of hydrogen-bond donors (Lipinski definition) is 2. The van der Waals surface area contributed by atoms with Crippen molar-refractivity contribution in [3.05, 3.63) is 29.8 Å². The van der Waals surface area contributed by atoms with Crippen molar-refractivity contribution in [3.8, 4) is 0 Å². The number of unbranched alkanes of at least 4 members (excludes halogenated alkanes) is 2. The summed E-state index contributed by atoms with van der Waals surface area (Å²) in [4.78, 5) is 2.24. The molecule has 0 heterocycles. The van der Waals surface area contributed by atoms with Crippen LogP contribution in [0.2, 0.25) is 0 Å². The molecule has 3 heteroatoms. The Morgan fingerprint density at radius 3 is 2.35 bits per heavy atom. The molecule has 0 fully saturated rings. The fraction of sp³-hybridized carbons (Fsp3) is 0.571. The zero-order valence-electron chi connectivity index (χ0n) is 10.9. The Kier molecular flexibility index (Phi) is 6.01. The van der Waals surface area contributed by atoms with Gasteiger partial charge in [0, 0.05) is 31.9 Å². The van der Waals surface area contributed by atoms with E-state index >= 15 is 0 Å². The number of anilines is 1. The minimum atomic E-state index is 0.0962. The van der Waals surface area contributed by atoms with E-state index in [2.05, 4.69) is 36.2 Å². The van der Waals surface area contributed by atoms with E-state index in [9.17, 15) is 0 Å². The van der Waals surface area contributed by atoms with Crippen LogP contribution in [0.5, 0.6) is 0 Å². The number of aliphatic hydroxyl groups excluding tert-OH is 1. The van der Waals surface area contributed by atoms with Gasteiger partial charge < -0.3 is 15.7 Å². The molecule has 0 bridgehead atoms. The van der Waals surface area contributed by atoms with Crippen LogP contribution in [-0.4, -0.2) is 25.3 Å². The van der Waals surface area contributed by atoms with Crippen molar-refractivity contribution >= 4 is 5.69 Å². The van der Waals surface area contributed by atoms with Crippen molar-refractivity contribution in [3.63, 3.8) is 0 Å². The molecular formula is C14H24N2O. The Morgan fingerprint density at radius 1 is 1.18 bits per heavy atom. The standard InChI is InChI=1S/C14H24N2O/c1-12(15)13-6-8-14(9-7-13)16(2)10-4-3-5-11-17/h6-9,12,17H,3-5,10-11,15H2,1-2H3. The maximum absolute atomic E-state index is 8.71. The Morgan fingerprint density at radius 2 is 1.82 bits per heavy atom. The molecular weight excluding hydrogens is 212 g/mol. The summed E-state index contributed by atoms with van der Waals surface area (Å²) in [5.74, 6) is 0. The summed E-state index contributed by atoms with van der Waals surface area (Å²) in [5.41, 5.74) is 8.21. The largest absolute Gasteiger partial charge is 0.396 e. The maximum Gasteiger partial charge on any atom is 0.0431 e. The highest BCUT2D eigenvalue weighted by molar-refractivity contribution is 5.47. The van der Waals surface area contributed by atoms with Crippen LogP contribution in [0.4, 0.5) is 5.69 Å². The molecule has 0 radical (unpaired) electrons. The highest BCUT2D eigenvalue weighted by Gasteiger charge is 2.02. The number of nitrogens with two attached hydrogens (primary N) is 1. The number of hydrogen-bond acceptors (Lipinski definition) is 3. The lowest BCUT2D eigenvalue weighted by molar-refractivity contribution is 0.283. The Balaban J connectivity index is 2.43. The SMILES string of the molecule is CC(N)c1ccc(N(C)CCCCCO)cc1. The van der Waals surface area contributed by atoms with Crippen molar-refractivity contribution in [1.29, 1.82) is 0 Å². The minimum absolute atomic E-state index is 0.0962. The molecule has 3 N–H and O–H groups in total. The molecule has 3 nitrogen and oxygen atoms in total. The van der Waals surface area contributed by atoms with Gasteiger partial charge in [-0.25, -0.2) is 0 Å². The molecule has 17 heavy (non-hydrogen) atoms. The third-order valence-electron chi connectivity index (χ3n) is 3.01. The normalized spacial score (nSPS) is 12.5. The van der Waals surface area contributed by atoms with Gasteiger partial charge >= 0.3 is 0 Å². The van der Waals surface area contributed by atoms with Gasteiger partial charge in [-0.2, -0.15) is 0 Å². The lowest BCUT2D eigenvalue weighted by Crippen LogP contribution is -2.18. The van der Waals surface area contributed by atoms with Crippen LogP contribution in [0, 0.1) is 0 Å². The summed E-state index contributed by atoms with van der Waals surface area (Å²) in [5, 5.41) is 8.71. The average molecular weight is 236 g/mol. The average Bonchev–Trinajstić information content (AvgIpc) is 2.34. The van der Waals surface area contributed by atoms with E-state index in [0.717, 1.165) is 25.8 Å². The molecule has 1 unspecified atom stereocenters. The van der Waals surface area contributed by atoms with Gasteiger partial charge in [0.1, 0.15) is 0 Å². The van der Waals surface area contributed by atoms with Gasteiger partial charge in [-0.1, -0.05) is 12.1 Å². The van der Waals surface area contributed by atoms with E-state index in [4.69, 9.17) is 10.8 Å². The number of aliphatic hydroxyl groups is 1. The molecule has 1 rings (SSSR count). The van der Waals surface area contributed by atoms with Crippen molar-refractivity contribution in [2.45, 2.75) is 32.2 Å². The fourth-order valence-electron chi connectivity index (χ4n) is 1.80. The molecule has 96 valence electrons. The molecule has 0 aliphatic rings. The van der Waals surface area contributed by atoms with Gasteiger partial charge in [0.2, 0.25) is 0 Å². The van der Waals surface area contributed by atoms with Crippen LogP contribution in [0.25, 0.3) is 0 Å². The first-order valence-corrected chi connectivity index (χ1v) is 6.32. The summed E-state index contributed by atoms with van der Waals surface area (Å²) < 4.78 is 0. The van der Waals surface area contributed by atoms with Gasteiger partial charge in [0.05, 0.1) is 0 Å². The third-order valence-corrected chi connectivity index (χ3v) is 3.01. The monoisotopic (exact) mass is 236 g/mol. The maximum atomic E-state index is 8.71.